The van der Waals surface area contributed by atoms with Crippen LogP contribution < -0.4 is 14.4 Å². The van der Waals surface area contributed by atoms with E-state index in [4.69, 9.17) is 14.2 Å². The van der Waals surface area contributed by atoms with Gasteiger partial charge in [0.25, 0.3) is 0 Å². The van der Waals surface area contributed by atoms with Crippen molar-refractivity contribution >= 4 is 17.7 Å². The van der Waals surface area contributed by atoms with Gasteiger partial charge in [0, 0.05) is 29.9 Å². The minimum atomic E-state index is -0.883. The molecule has 1 heterocycles. The highest BCUT2D eigenvalue weighted by molar-refractivity contribution is 5.94. The van der Waals surface area contributed by atoms with Gasteiger partial charge in [-0.2, -0.15) is 0 Å². The molecule has 1 N–H and O–H groups in total. The van der Waals surface area contributed by atoms with E-state index in [1.54, 1.807) is 13.2 Å². The first-order valence-electron chi connectivity index (χ1n) is 12.3. The van der Waals surface area contributed by atoms with Gasteiger partial charge in [0.05, 0.1) is 13.7 Å². The zero-order valence-corrected chi connectivity index (χ0v) is 21.1. The van der Waals surface area contributed by atoms with Crippen molar-refractivity contribution in [2.45, 2.75) is 39.5 Å². The molecule has 6 heteroatoms. The highest BCUT2D eigenvalue weighted by atomic mass is 16.7. The molecule has 0 spiro atoms. The molecule has 36 heavy (non-hydrogen) atoms. The average Bonchev–Trinajstić information content (AvgIpc) is 3.07. The van der Waals surface area contributed by atoms with Gasteiger partial charge in [0.1, 0.15) is 11.5 Å². The van der Waals surface area contributed by atoms with Crippen molar-refractivity contribution in [3.63, 3.8) is 0 Å². The van der Waals surface area contributed by atoms with Crippen LogP contribution in [0, 0.1) is 0 Å². The zero-order chi connectivity index (χ0) is 25.5. The first kappa shape index (κ1) is 25.3. The van der Waals surface area contributed by atoms with E-state index in [9.17, 15) is 9.90 Å². The Kier molecular flexibility index (Phi) is 8.28. The summed E-state index contributed by atoms with van der Waals surface area (Å²) in [6.07, 6.45) is 2.89. The number of fused-ring (bicyclic) bond motifs is 1. The zero-order valence-electron chi connectivity index (χ0n) is 21.1. The minimum Gasteiger partial charge on any atom is -0.496 e. The van der Waals surface area contributed by atoms with Crippen LogP contribution in [-0.2, 0) is 16.1 Å². The molecule has 3 aromatic carbocycles. The number of carbonyl (C=O) groups is 1. The Morgan fingerprint density at radius 3 is 2.53 bits per heavy atom. The second kappa shape index (κ2) is 11.8. The number of nitrogens with zero attached hydrogens (tertiary/aromatic N) is 1. The van der Waals surface area contributed by atoms with Gasteiger partial charge in [-0.05, 0) is 72.9 Å². The second-order valence-corrected chi connectivity index (χ2v) is 8.81. The summed E-state index contributed by atoms with van der Waals surface area (Å²) in [6, 6.07) is 22.0. The lowest BCUT2D eigenvalue weighted by Gasteiger charge is -2.26. The van der Waals surface area contributed by atoms with Crippen LogP contribution >= 0.6 is 0 Å². The smallest absolute Gasteiger partial charge is 0.331 e. The number of aliphatic carboxylic acids is 1. The number of carboxylic acid groups (broad SMARTS) is 1. The van der Waals surface area contributed by atoms with Crippen LogP contribution in [-0.4, -0.2) is 37.6 Å². The van der Waals surface area contributed by atoms with E-state index in [2.05, 4.69) is 30.0 Å². The van der Waals surface area contributed by atoms with E-state index in [-0.39, 0.29) is 6.29 Å². The van der Waals surface area contributed by atoms with Crippen LogP contribution in [0.15, 0.2) is 72.3 Å². The quantitative estimate of drug-likeness (QED) is 0.334. The van der Waals surface area contributed by atoms with Crippen LogP contribution in [0.3, 0.4) is 0 Å². The summed E-state index contributed by atoms with van der Waals surface area (Å²) in [7, 11) is 1.67. The van der Waals surface area contributed by atoms with E-state index in [0.717, 1.165) is 45.9 Å². The number of ether oxygens (including phenoxy) is 3. The molecular formula is C30H33NO5. The van der Waals surface area contributed by atoms with E-state index in [1.165, 1.54) is 0 Å². The molecule has 1 aliphatic rings. The molecule has 1 aliphatic heterocycles. The maximum absolute atomic E-state index is 11.9. The first-order chi connectivity index (χ1) is 17.5. The van der Waals surface area contributed by atoms with Gasteiger partial charge in [-0.25, -0.2) is 4.79 Å². The molecule has 0 aliphatic carbocycles. The Morgan fingerprint density at radius 1 is 1.06 bits per heavy atom. The van der Waals surface area contributed by atoms with Crippen LogP contribution in [0.5, 0.6) is 11.5 Å². The monoisotopic (exact) mass is 487 g/mol. The van der Waals surface area contributed by atoms with Crippen molar-refractivity contribution in [3.05, 3.63) is 83.4 Å². The van der Waals surface area contributed by atoms with E-state index in [0.29, 0.717) is 31.7 Å². The van der Waals surface area contributed by atoms with Gasteiger partial charge < -0.3 is 24.2 Å². The fraction of sp³-hybridized carbons (Fsp3) is 0.300. The summed E-state index contributed by atoms with van der Waals surface area (Å²) in [5.41, 5.74) is 5.39. The van der Waals surface area contributed by atoms with Gasteiger partial charge in [-0.1, -0.05) is 43.3 Å². The number of carboxylic acids is 1. The molecule has 0 radical (unpaired) electrons. The molecule has 1 atom stereocenters. The third-order valence-corrected chi connectivity index (χ3v) is 6.22. The largest absolute Gasteiger partial charge is 0.496 e. The minimum absolute atomic E-state index is 0.308. The lowest BCUT2D eigenvalue weighted by molar-refractivity contribution is -0.132. The highest BCUT2D eigenvalue weighted by Gasteiger charge is 2.21. The molecule has 188 valence electrons. The summed E-state index contributed by atoms with van der Waals surface area (Å²) in [4.78, 5) is 14.1. The van der Waals surface area contributed by atoms with Crippen LogP contribution in [0.4, 0.5) is 5.69 Å². The van der Waals surface area contributed by atoms with Crippen molar-refractivity contribution < 1.29 is 24.1 Å². The number of hydrogen-bond acceptors (Lipinski definition) is 5. The molecular weight excluding hydrogens is 454 g/mol. The summed E-state index contributed by atoms with van der Waals surface area (Å²) in [6.45, 7) is 5.84. The van der Waals surface area contributed by atoms with E-state index < -0.39 is 5.97 Å². The molecule has 0 fully saturated rings. The van der Waals surface area contributed by atoms with Gasteiger partial charge >= 0.3 is 5.97 Å². The number of para-hydroxylation sites is 1. The molecule has 4 rings (SSSR count). The lowest BCUT2D eigenvalue weighted by atomic mass is 10.00. The van der Waals surface area contributed by atoms with Crippen molar-refractivity contribution in [1.82, 2.24) is 0 Å². The summed E-state index contributed by atoms with van der Waals surface area (Å²) >= 11 is 0. The topological polar surface area (TPSA) is 68.2 Å². The molecule has 0 saturated heterocycles. The van der Waals surface area contributed by atoms with Crippen molar-refractivity contribution in [3.8, 4) is 22.6 Å². The number of methoxy groups -OCH3 is 1. The molecule has 0 aromatic heterocycles. The number of hydrogen-bond donors (Lipinski definition) is 1. The number of rotatable bonds is 10. The summed E-state index contributed by atoms with van der Waals surface area (Å²) in [5.74, 6) is 0.683. The van der Waals surface area contributed by atoms with Gasteiger partial charge in [-0.3, -0.25) is 0 Å². The molecule has 6 nitrogen and oxygen atoms in total. The second-order valence-electron chi connectivity index (χ2n) is 8.81. The Labute approximate surface area is 212 Å². The normalized spacial score (nSPS) is 13.9. The number of benzene rings is 3. The molecule has 3 aromatic rings. The lowest BCUT2D eigenvalue weighted by Crippen LogP contribution is -2.24. The van der Waals surface area contributed by atoms with Crippen LogP contribution in [0.2, 0.25) is 0 Å². The summed E-state index contributed by atoms with van der Waals surface area (Å²) in [5, 5.41) is 9.76. The fourth-order valence-electron chi connectivity index (χ4n) is 4.38. The van der Waals surface area contributed by atoms with Gasteiger partial charge in [0.15, 0.2) is 6.29 Å². The molecule has 0 bridgehead atoms. The predicted octanol–water partition coefficient (Wildman–Crippen LogP) is 6.39. The molecule has 0 amide bonds. The van der Waals surface area contributed by atoms with E-state index >= 15 is 0 Å². The maximum Gasteiger partial charge on any atom is 0.331 e. The Bertz CT molecular complexity index is 1220. The fourth-order valence-corrected chi connectivity index (χ4v) is 4.38. The van der Waals surface area contributed by atoms with Crippen molar-refractivity contribution in [1.29, 1.82) is 0 Å². The SMILES string of the molecule is CCCOC(C)Oc1ccc(-c2ccc3c(c2)C=C(C(=O)O)CCN3Cc2ccccc2OC)cc1. The Hall–Kier alpha value is -3.77. The average molecular weight is 488 g/mol. The maximum atomic E-state index is 11.9. The van der Waals surface area contributed by atoms with Gasteiger partial charge in [-0.15, -0.1) is 0 Å². The molecule has 1 unspecified atom stereocenters. The molecule has 0 saturated carbocycles. The van der Waals surface area contributed by atoms with E-state index in [1.807, 2.05) is 55.5 Å². The highest BCUT2D eigenvalue weighted by Crippen LogP contribution is 2.34. The van der Waals surface area contributed by atoms with Crippen molar-refractivity contribution in [2.75, 3.05) is 25.2 Å². The predicted molar refractivity (Wildman–Crippen MR) is 142 cm³/mol. The van der Waals surface area contributed by atoms with Crippen LogP contribution in [0.1, 0.15) is 37.8 Å². The van der Waals surface area contributed by atoms with Crippen LogP contribution in [0.25, 0.3) is 17.2 Å². The standard InChI is InChI=1S/C30H33NO5/c1-4-17-35-21(2)36-27-12-9-22(10-13-27)23-11-14-28-26(18-23)19-24(30(32)33)15-16-31(28)20-25-7-5-6-8-29(25)34-3/h5-14,18-19,21H,4,15-17,20H2,1-3H3,(H,32,33). The Morgan fingerprint density at radius 2 is 1.81 bits per heavy atom. The Balaban J connectivity index is 1.62. The number of anilines is 1. The summed E-state index contributed by atoms with van der Waals surface area (Å²) < 4.78 is 17.0. The first-order valence-corrected chi connectivity index (χ1v) is 12.3. The van der Waals surface area contributed by atoms with Gasteiger partial charge in [0.2, 0.25) is 0 Å². The third-order valence-electron chi connectivity index (χ3n) is 6.22. The van der Waals surface area contributed by atoms with Crippen molar-refractivity contribution in [2.24, 2.45) is 0 Å². The third kappa shape index (κ3) is 6.07.